The summed E-state index contributed by atoms with van der Waals surface area (Å²) < 4.78 is 0. The quantitative estimate of drug-likeness (QED) is 0.798. The molecule has 2 unspecified atom stereocenters. The van der Waals surface area contributed by atoms with Gasteiger partial charge in [-0.15, -0.1) is 11.3 Å². The predicted octanol–water partition coefficient (Wildman–Crippen LogP) is 3.02. The van der Waals surface area contributed by atoms with Crippen LogP contribution in [0, 0.1) is 18.8 Å². The number of nitrogens with zero attached hydrogens (tertiary/aromatic N) is 1. The number of thiazole rings is 1. The lowest BCUT2D eigenvalue weighted by Crippen LogP contribution is -2.26. The molecule has 0 saturated heterocycles. The zero-order valence-electron chi connectivity index (χ0n) is 10.3. The van der Waals surface area contributed by atoms with Crippen LogP contribution in [0.1, 0.15) is 36.8 Å². The van der Waals surface area contributed by atoms with Crippen molar-refractivity contribution >= 4 is 11.3 Å². The van der Waals surface area contributed by atoms with E-state index in [-0.39, 0.29) is 0 Å². The summed E-state index contributed by atoms with van der Waals surface area (Å²) in [7, 11) is 0. The zero-order chi connectivity index (χ0) is 11.4. The Morgan fingerprint density at radius 1 is 1.50 bits per heavy atom. The summed E-state index contributed by atoms with van der Waals surface area (Å²) >= 11 is 1.78. The van der Waals surface area contributed by atoms with Gasteiger partial charge in [0, 0.05) is 11.4 Å². The van der Waals surface area contributed by atoms with Crippen LogP contribution in [0.2, 0.25) is 0 Å². The van der Waals surface area contributed by atoms with E-state index in [4.69, 9.17) is 0 Å². The van der Waals surface area contributed by atoms with Crippen LogP contribution in [0.5, 0.6) is 0 Å². The van der Waals surface area contributed by atoms with Gasteiger partial charge in [-0.3, -0.25) is 0 Å². The van der Waals surface area contributed by atoms with E-state index >= 15 is 0 Å². The molecule has 0 bridgehead atoms. The van der Waals surface area contributed by atoms with E-state index in [1.165, 1.54) is 36.4 Å². The largest absolute Gasteiger partial charge is 0.316 e. The maximum absolute atomic E-state index is 4.28. The Morgan fingerprint density at radius 2 is 2.38 bits per heavy atom. The van der Waals surface area contributed by atoms with Crippen LogP contribution in [0.15, 0.2) is 5.51 Å². The predicted molar refractivity (Wildman–Crippen MR) is 69.9 cm³/mol. The molecular weight excluding hydrogens is 216 g/mol. The molecule has 2 rings (SSSR count). The molecule has 0 radical (unpaired) electrons. The molecule has 90 valence electrons. The Hall–Kier alpha value is -0.410. The first-order valence-corrected chi connectivity index (χ1v) is 7.25. The van der Waals surface area contributed by atoms with Gasteiger partial charge in [-0.1, -0.05) is 19.8 Å². The molecule has 2 atom stereocenters. The smallest absolute Gasteiger partial charge is 0.0797 e. The molecule has 1 N–H and O–H groups in total. The maximum Gasteiger partial charge on any atom is 0.0797 e. The molecule has 0 spiro atoms. The fourth-order valence-corrected chi connectivity index (χ4v) is 3.36. The maximum atomic E-state index is 4.28. The minimum absolute atomic E-state index is 0.919. The van der Waals surface area contributed by atoms with Crippen LogP contribution in [-0.4, -0.2) is 18.1 Å². The van der Waals surface area contributed by atoms with E-state index in [1.807, 2.05) is 5.51 Å². The molecule has 1 saturated carbocycles. The summed E-state index contributed by atoms with van der Waals surface area (Å²) in [5.74, 6) is 1.85. The number of aromatic nitrogens is 1. The summed E-state index contributed by atoms with van der Waals surface area (Å²) in [5, 5.41) is 3.60. The molecular formula is C13H22N2S. The van der Waals surface area contributed by atoms with Gasteiger partial charge in [-0.05, 0) is 38.1 Å². The molecule has 1 heterocycles. The van der Waals surface area contributed by atoms with Gasteiger partial charge >= 0.3 is 0 Å². The summed E-state index contributed by atoms with van der Waals surface area (Å²) in [5.41, 5.74) is 3.16. The molecule has 0 aliphatic heterocycles. The fraction of sp³-hybridized carbons (Fsp3) is 0.769. The SMILES string of the molecule is Cc1ncsc1CCNCC1CCCC1C. The normalized spacial score (nSPS) is 25.1. The average molecular weight is 238 g/mol. The van der Waals surface area contributed by atoms with Crippen molar-refractivity contribution in [3.8, 4) is 0 Å². The van der Waals surface area contributed by atoms with Crippen molar-refractivity contribution in [2.75, 3.05) is 13.1 Å². The van der Waals surface area contributed by atoms with Gasteiger partial charge in [0.1, 0.15) is 0 Å². The Bertz CT molecular complexity index is 321. The number of hydrogen-bond donors (Lipinski definition) is 1. The van der Waals surface area contributed by atoms with Crippen LogP contribution in [-0.2, 0) is 6.42 Å². The molecule has 0 aromatic carbocycles. The molecule has 3 heteroatoms. The van der Waals surface area contributed by atoms with E-state index in [9.17, 15) is 0 Å². The van der Waals surface area contributed by atoms with E-state index in [0.29, 0.717) is 0 Å². The topological polar surface area (TPSA) is 24.9 Å². The number of rotatable bonds is 5. The van der Waals surface area contributed by atoms with Gasteiger partial charge in [0.2, 0.25) is 0 Å². The van der Waals surface area contributed by atoms with Gasteiger partial charge < -0.3 is 5.32 Å². The highest BCUT2D eigenvalue weighted by Crippen LogP contribution is 2.30. The first-order valence-electron chi connectivity index (χ1n) is 6.37. The van der Waals surface area contributed by atoms with Gasteiger partial charge in [0.25, 0.3) is 0 Å². The minimum Gasteiger partial charge on any atom is -0.316 e. The van der Waals surface area contributed by atoms with Crippen LogP contribution >= 0.6 is 11.3 Å². The molecule has 0 amide bonds. The molecule has 1 aromatic heterocycles. The lowest BCUT2D eigenvalue weighted by atomic mass is 9.98. The highest BCUT2D eigenvalue weighted by Gasteiger charge is 2.22. The van der Waals surface area contributed by atoms with Crippen molar-refractivity contribution in [3.05, 3.63) is 16.1 Å². The van der Waals surface area contributed by atoms with Crippen molar-refractivity contribution in [2.45, 2.75) is 39.5 Å². The number of hydrogen-bond acceptors (Lipinski definition) is 3. The Kier molecular flexibility index (Phi) is 4.36. The average Bonchev–Trinajstić information content (AvgIpc) is 2.84. The summed E-state index contributed by atoms with van der Waals surface area (Å²) in [6.45, 7) is 6.81. The van der Waals surface area contributed by atoms with Crippen LogP contribution in [0.4, 0.5) is 0 Å². The van der Waals surface area contributed by atoms with Crippen LogP contribution < -0.4 is 5.32 Å². The third-order valence-electron chi connectivity index (χ3n) is 3.82. The summed E-state index contributed by atoms with van der Waals surface area (Å²) in [6.07, 6.45) is 5.42. The molecule has 1 aliphatic carbocycles. The first kappa shape index (κ1) is 12.1. The second-order valence-corrected chi connectivity index (χ2v) is 5.92. The lowest BCUT2D eigenvalue weighted by Gasteiger charge is -2.15. The van der Waals surface area contributed by atoms with Crippen molar-refractivity contribution in [1.29, 1.82) is 0 Å². The van der Waals surface area contributed by atoms with E-state index in [1.54, 1.807) is 11.3 Å². The number of nitrogens with one attached hydrogen (secondary N) is 1. The van der Waals surface area contributed by atoms with Crippen LogP contribution in [0.25, 0.3) is 0 Å². The van der Waals surface area contributed by atoms with Gasteiger partial charge in [-0.25, -0.2) is 4.98 Å². The monoisotopic (exact) mass is 238 g/mol. The minimum atomic E-state index is 0.919. The van der Waals surface area contributed by atoms with Crippen molar-refractivity contribution in [2.24, 2.45) is 11.8 Å². The third-order valence-corrected chi connectivity index (χ3v) is 4.81. The summed E-state index contributed by atoms with van der Waals surface area (Å²) in [4.78, 5) is 5.71. The van der Waals surface area contributed by atoms with E-state index < -0.39 is 0 Å². The molecule has 1 aromatic rings. The van der Waals surface area contributed by atoms with E-state index in [0.717, 1.165) is 24.8 Å². The molecule has 1 fully saturated rings. The van der Waals surface area contributed by atoms with Gasteiger partial charge in [-0.2, -0.15) is 0 Å². The highest BCUT2D eigenvalue weighted by molar-refractivity contribution is 7.09. The second kappa shape index (κ2) is 5.78. The second-order valence-electron chi connectivity index (χ2n) is 4.98. The number of aryl methyl sites for hydroxylation is 1. The zero-order valence-corrected chi connectivity index (χ0v) is 11.1. The highest BCUT2D eigenvalue weighted by atomic mass is 32.1. The van der Waals surface area contributed by atoms with E-state index in [2.05, 4.69) is 24.1 Å². The Balaban J connectivity index is 1.63. The lowest BCUT2D eigenvalue weighted by molar-refractivity contribution is 0.394. The standard InChI is InChI=1S/C13H22N2S/c1-10-4-3-5-12(10)8-14-7-6-13-11(2)15-9-16-13/h9-10,12,14H,3-8H2,1-2H3. The van der Waals surface area contributed by atoms with Crippen LogP contribution in [0.3, 0.4) is 0 Å². The fourth-order valence-electron chi connectivity index (χ4n) is 2.58. The molecule has 2 nitrogen and oxygen atoms in total. The van der Waals surface area contributed by atoms with Crippen molar-refractivity contribution < 1.29 is 0 Å². The van der Waals surface area contributed by atoms with Crippen molar-refractivity contribution in [1.82, 2.24) is 10.3 Å². The first-order chi connectivity index (χ1) is 7.77. The van der Waals surface area contributed by atoms with Gasteiger partial charge in [0.05, 0.1) is 11.2 Å². The third kappa shape index (κ3) is 3.05. The van der Waals surface area contributed by atoms with Gasteiger partial charge in [0.15, 0.2) is 0 Å². The van der Waals surface area contributed by atoms with Crippen molar-refractivity contribution in [3.63, 3.8) is 0 Å². The summed E-state index contributed by atoms with van der Waals surface area (Å²) in [6, 6.07) is 0. The Morgan fingerprint density at radius 3 is 3.00 bits per heavy atom. The molecule has 1 aliphatic rings. The molecule has 16 heavy (non-hydrogen) atoms. The Labute approximate surface area is 102 Å².